The van der Waals surface area contributed by atoms with Gasteiger partial charge >= 0.3 is 0 Å². The normalized spacial score (nSPS) is 10.4. The maximum atomic E-state index is 5.63. The summed E-state index contributed by atoms with van der Waals surface area (Å²) in [5.74, 6) is 1.57. The van der Waals surface area contributed by atoms with Gasteiger partial charge in [0.15, 0.2) is 5.82 Å². The van der Waals surface area contributed by atoms with Gasteiger partial charge in [0.25, 0.3) is 0 Å². The van der Waals surface area contributed by atoms with E-state index in [1.54, 1.807) is 11.0 Å². The molecular formula is C12H16N6S. The van der Waals surface area contributed by atoms with Crippen LogP contribution in [0.2, 0.25) is 0 Å². The van der Waals surface area contributed by atoms with Crippen molar-refractivity contribution in [3.63, 3.8) is 0 Å². The standard InChI is InChI=1S/C12H16N6S/c1-8-5-9(12(13)19)6-11(16-8)14-4-3-10-15-7-18(2)17-10/h5-7H,3-4H2,1-2H3,(H2,13,19)(H,14,16). The van der Waals surface area contributed by atoms with E-state index in [0.717, 1.165) is 29.3 Å². The summed E-state index contributed by atoms with van der Waals surface area (Å²) in [6.07, 6.45) is 2.42. The van der Waals surface area contributed by atoms with Crippen molar-refractivity contribution in [1.82, 2.24) is 19.7 Å². The number of pyridine rings is 1. The van der Waals surface area contributed by atoms with E-state index in [0.29, 0.717) is 11.5 Å². The van der Waals surface area contributed by atoms with Gasteiger partial charge in [-0.15, -0.1) is 0 Å². The van der Waals surface area contributed by atoms with Crippen molar-refractivity contribution in [2.75, 3.05) is 11.9 Å². The van der Waals surface area contributed by atoms with Gasteiger partial charge in [-0.25, -0.2) is 9.97 Å². The van der Waals surface area contributed by atoms with Crippen LogP contribution < -0.4 is 11.1 Å². The zero-order valence-electron chi connectivity index (χ0n) is 10.9. The summed E-state index contributed by atoms with van der Waals surface area (Å²) in [4.78, 5) is 8.92. The minimum absolute atomic E-state index is 0.375. The lowest BCUT2D eigenvalue weighted by atomic mass is 10.2. The van der Waals surface area contributed by atoms with Crippen LogP contribution in [-0.2, 0) is 13.5 Å². The first-order chi connectivity index (χ1) is 9.04. The molecular weight excluding hydrogens is 260 g/mol. The SMILES string of the molecule is Cc1cc(C(N)=S)cc(NCCc2ncn(C)n2)n1. The molecule has 3 N–H and O–H groups in total. The van der Waals surface area contributed by atoms with Gasteiger partial charge < -0.3 is 11.1 Å². The van der Waals surface area contributed by atoms with Gasteiger partial charge in [-0.05, 0) is 19.1 Å². The zero-order valence-corrected chi connectivity index (χ0v) is 11.7. The number of nitrogens with two attached hydrogens (primary N) is 1. The average molecular weight is 276 g/mol. The molecule has 0 atom stereocenters. The highest BCUT2D eigenvalue weighted by Crippen LogP contribution is 2.10. The number of aromatic nitrogens is 4. The van der Waals surface area contributed by atoms with E-state index in [2.05, 4.69) is 20.4 Å². The predicted molar refractivity (Wildman–Crippen MR) is 78.1 cm³/mol. The van der Waals surface area contributed by atoms with Crippen LogP contribution in [0.15, 0.2) is 18.5 Å². The number of hydrogen-bond donors (Lipinski definition) is 2. The van der Waals surface area contributed by atoms with Crippen LogP contribution in [0.1, 0.15) is 17.1 Å². The highest BCUT2D eigenvalue weighted by molar-refractivity contribution is 7.80. The fraction of sp³-hybridized carbons (Fsp3) is 0.333. The number of anilines is 1. The number of thiocarbonyl (C=S) groups is 1. The van der Waals surface area contributed by atoms with Gasteiger partial charge in [0.05, 0.1) is 0 Å². The van der Waals surface area contributed by atoms with Gasteiger partial charge in [0, 0.05) is 31.3 Å². The number of rotatable bonds is 5. The van der Waals surface area contributed by atoms with Crippen LogP contribution >= 0.6 is 12.2 Å². The Kier molecular flexibility index (Phi) is 4.06. The Balaban J connectivity index is 1.97. The van der Waals surface area contributed by atoms with Crippen molar-refractivity contribution >= 4 is 23.0 Å². The van der Waals surface area contributed by atoms with E-state index in [9.17, 15) is 0 Å². The summed E-state index contributed by atoms with van der Waals surface area (Å²) in [6, 6.07) is 3.72. The quantitative estimate of drug-likeness (QED) is 0.786. The fourth-order valence-corrected chi connectivity index (χ4v) is 1.82. The predicted octanol–water partition coefficient (Wildman–Crippen LogP) is 0.807. The Hall–Kier alpha value is -2.02. The lowest BCUT2D eigenvalue weighted by molar-refractivity contribution is 0.741. The number of nitrogens with one attached hydrogen (secondary N) is 1. The van der Waals surface area contributed by atoms with Crippen LogP contribution in [0.25, 0.3) is 0 Å². The van der Waals surface area contributed by atoms with Gasteiger partial charge in [-0.2, -0.15) is 5.10 Å². The lowest BCUT2D eigenvalue weighted by Gasteiger charge is -2.07. The molecule has 0 saturated heterocycles. The molecule has 0 aliphatic carbocycles. The van der Waals surface area contributed by atoms with E-state index in [1.165, 1.54) is 0 Å². The summed E-state index contributed by atoms with van der Waals surface area (Å²) in [6.45, 7) is 2.62. The first kappa shape index (κ1) is 13.4. The average Bonchev–Trinajstić information content (AvgIpc) is 2.74. The van der Waals surface area contributed by atoms with E-state index >= 15 is 0 Å². The third kappa shape index (κ3) is 3.72. The van der Waals surface area contributed by atoms with Crippen LogP contribution in [0.5, 0.6) is 0 Å². The second-order valence-corrected chi connectivity index (χ2v) is 4.70. The second kappa shape index (κ2) is 5.75. The highest BCUT2D eigenvalue weighted by Gasteiger charge is 2.03. The molecule has 2 heterocycles. The molecule has 19 heavy (non-hydrogen) atoms. The van der Waals surface area contributed by atoms with Crippen LogP contribution in [0.3, 0.4) is 0 Å². The van der Waals surface area contributed by atoms with Gasteiger partial charge in [0.2, 0.25) is 0 Å². The molecule has 0 fully saturated rings. The maximum Gasteiger partial charge on any atom is 0.152 e. The summed E-state index contributed by atoms with van der Waals surface area (Å²) in [5.41, 5.74) is 7.33. The monoisotopic (exact) mass is 276 g/mol. The molecule has 100 valence electrons. The fourth-order valence-electron chi connectivity index (χ4n) is 1.70. The van der Waals surface area contributed by atoms with E-state index in [4.69, 9.17) is 18.0 Å². The largest absolute Gasteiger partial charge is 0.389 e. The Labute approximate surface area is 117 Å². The Morgan fingerprint density at radius 3 is 2.89 bits per heavy atom. The lowest BCUT2D eigenvalue weighted by Crippen LogP contribution is -2.13. The van der Waals surface area contributed by atoms with Crippen molar-refractivity contribution in [3.8, 4) is 0 Å². The molecule has 2 rings (SSSR count). The minimum atomic E-state index is 0.375. The third-order valence-electron chi connectivity index (χ3n) is 2.54. The second-order valence-electron chi connectivity index (χ2n) is 4.26. The first-order valence-electron chi connectivity index (χ1n) is 5.91. The smallest absolute Gasteiger partial charge is 0.152 e. The van der Waals surface area contributed by atoms with Gasteiger partial charge in [-0.3, -0.25) is 4.68 Å². The molecule has 0 bridgehead atoms. The third-order valence-corrected chi connectivity index (χ3v) is 2.78. The Bertz CT molecular complexity index is 592. The summed E-state index contributed by atoms with van der Waals surface area (Å²) < 4.78 is 1.69. The maximum absolute atomic E-state index is 5.63. The molecule has 0 aromatic carbocycles. The molecule has 0 saturated carbocycles. The topological polar surface area (TPSA) is 81.6 Å². The molecule has 0 unspecified atom stereocenters. The van der Waals surface area contributed by atoms with Crippen LogP contribution in [-0.4, -0.2) is 31.3 Å². The van der Waals surface area contributed by atoms with Gasteiger partial charge in [0.1, 0.15) is 17.1 Å². The van der Waals surface area contributed by atoms with Crippen molar-refractivity contribution in [1.29, 1.82) is 0 Å². The van der Waals surface area contributed by atoms with E-state index in [1.807, 2.05) is 26.1 Å². The molecule has 0 radical (unpaired) electrons. The van der Waals surface area contributed by atoms with Crippen molar-refractivity contribution in [3.05, 3.63) is 35.5 Å². The van der Waals surface area contributed by atoms with E-state index < -0.39 is 0 Å². The molecule has 0 amide bonds. The molecule has 2 aromatic rings. The van der Waals surface area contributed by atoms with Crippen molar-refractivity contribution in [2.24, 2.45) is 12.8 Å². The van der Waals surface area contributed by atoms with Crippen LogP contribution in [0, 0.1) is 6.92 Å². The summed E-state index contributed by atoms with van der Waals surface area (Å²) in [5, 5.41) is 7.43. The molecule has 7 heteroatoms. The van der Waals surface area contributed by atoms with Crippen molar-refractivity contribution < 1.29 is 0 Å². The zero-order chi connectivity index (χ0) is 13.8. The molecule has 6 nitrogen and oxygen atoms in total. The molecule has 2 aromatic heterocycles. The summed E-state index contributed by atoms with van der Waals surface area (Å²) >= 11 is 4.97. The molecule has 0 spiro atoms. The molecule has 0 aliphatic rings. The Morgan fingerprint density at radius 2 is 2.26 bits per heavy atom. The highest BCUT2D eigenvalue weighted by atomic mass is 32.1. The van der Waals surface area contributed by atoms with E-state index in [-0.39, 0.29) is 0 Å². The number of aryl methyl sites for hydroxylation is 2. The number of hydrogen-bond acceptors (Lipinski definition) is 5. The van der Waals surface area contributed by atoms with Crippen molar-refractivity contribution in [2.45, 2.75) is 13.3 Å². The Morgan fingerprint density at radius 1 is 1.47 bits per heavy atom. The number of nitrogens with zero attached hydrogens (tertiary/aromatic N) is 4. The summed E-state index contributed by atoms with van der Waals surface area (Å²) in [7, 11) is 1.85. The molecule has 0 aliphatic heterocycles. The minimum Gasteiger partial charge on any atom is -0.389 e. The van der Waals surface area contributed by atoms with Crippen LogP contribution in [0.4, 0.5) is 5.82 Å². The van der Waals surface area contributed by atoms with Gasteiger partial charge in [-0.1, -0.05) is 12.2 Å². The first-order valence-corrected chi connectivity index (χ1v) is 6.32.